The summed E-state index contributed by atoms with van der Waals surface area (Å²) in [5.74, 6) is 0.560. The Kier molecular flexibility index (Phi) is 4.52. The van der Waals surface area contributed by atoms with Crippen LogP contribution in [-0.2, 0) is 6.42 Å². The Morgan fingerprint density at radius 1 is 1.39 bits per heavy atom. The first kappa shape index (κ1) is 13.3. The molecule has 0 bridgehead atoms. The molecule has 1 fully saturated rings. The fraction of sp³-hybridized carbons (Fsp3) is 0.750. The standard InChI is InChI=1S/C12H20N4OS/c1-3-10-15-16-12(18-10)14-11(17)13-9-7-5-4-6-8(9)2/h8-9H,3-7H2,1-2H3,(H2,13,14,16,17). The monoisotopic (exact) mass is 268 g/mol. The highest BCUT2D eigenvalue weighted by Crippen LogP contribution is 2.24. The van der Waals surface area contributed by atoms with Crippen LogP contribution < -0.4 is 10.6 Å². The number of hydrogen-bond donors (Lipinski definition) is 2. The Hall–Kier alpha value is -1.17. The van der Waals surface area contributed by atoms with Crippen LogP contribution in [-0.4, -0.2) is 22.3 Å². The molecule has 100 valence electrons. The van der Waals surface area contributed by atoms with E-state index in [0.29, 0.717) is 11.0 Å². The van der Waals surface area contributed by atoms with Crippen molar-refractivity contribution in [1.29, 1.82) is 0 Å². The van der Waals surface area contributed by atoms with Gasteiger partial charge in [0.25, 0.3) is 0 Å². The summed E-state index contributed by atoms with van der Waals surface area (Å²) >= 11 is 1.43. The minimum atomic E-state index is -0.160. The van der Waals surface area contributed by atoms with E-state index >= 15 is 0 Å². The minimum Gasteiger partial charge on any atom is -0.335 e. The minimum absolute atomic E-state index is 0.160. The molecule has 1 aromatic heterocycles. The molecule has 2 rings (SSSR count). The van der Waals surface area contributed by atoms with E-state index in [4.69, 9.17) is 0 Å². The summed E-state index contributed by atoms with van der Waals surface area (Å²) in [4.78, 5) is 11.8. The first-order valence-electron chi connectivity index (χ1n) is 6.59. The van der Waals surface area contributed by atoms with Gasteiger partial charge in [-0.05, 0) is 25.2 Å². The van der Waals surface area contributed by atoms with Crippen LogP contribution in [0.25, 0.3) is 0 Å². The maximum atomic E-state index is 11.8. The SMILES string of the molecule is CCc1nnc(NC(=O)NC2CCCCC2C)s1. The van der Waals surface area contributed by atoms with E-state index in [1.165, 1.54) is 30.6 Å². The number of hydrogen-bond acceptors (Lipinski definition) is 4. The van der Waals surface area contributed by atoms with Crippen LogP contribution in [0.3, 0.4) is 0 Å². The van der Waals surface area contributed by atoms with E-state index in [-0.39, 0.29) is 12.1 Å². The predicted molar refractivity (Wildman–Crippen MR) is 72.9 cm³/mol. The van der Waals surface area contributed by atoms with Gasteiger partial charge in [0.1, 0.15) is 5.01 Å². The topological polar surface area (TPSA) is 66.9 Å². The molecule has 0 spiro atoms. The van der Waals surface area contributed by atoms with Crippen LogP contribution in [0.1, 0.15) is 44.5 Å². The van der Waals surface area contributed by atoms with E-state index in [1.807, 2.05) is 6.92 Å². The Bertz CT molecular complexity index is 407. The summed E-state index contributed by atoms with van der Waals surface area (Å²) < 4.78 is 0. The smallest absolute Gasteiger partial charge is 0.321 e. The van der Waals surface area contributed by atoms with E-state index in [0.717, 1.165) is 17.8 Å². The molecule has 0 aliphatic heterocycles. The third-order valence-electron chi connectivity index (χ3n) is 3.42. The van der Waals surface area contributed by atoms with Gasteiger partial charge < -0.3 is 5.32 Å². The first-order chi connectivity index (χ1) is 8.69. The van der Waals surface area contributed by atoms with Crippen LogP contribution in [0.4, 0.5) is 9.93 Å². The van der Waals surface area contributed by atoms with Crippen LogP contribution in [0, 0.1) is 5.92 Å². The lowest BCUT2D eigenvalue weighted by Gasteiger charge is -2.29. The number of nitrogens with zero attached hydrogens (tertiary/aromatic N) is 2. The van der Waals surface area contributed by atoms with Gasteiger partial charge in [0, 0.05) is 6.04 Å². The molecule has 2 atom stereocenters. The van der Waals surface area contributed by atoms with Crippen LogP contribution in [0.15, 0.2) is 0 Å². The van der Waals surface area contributed by atoms with Gasteiger partial charge in [0.15, 0.2) is 0 Å². The number of rotatable bonds is 3. The molecule has 1 aliphatic rings. The maximum Gasteiger partial charge on any atom is 0.321 e. The average Bonchev–Trinajstić information content (AvgIpc) is 2.80. The predicted octanol–water partition coefficient (Wildman–Crippen LogP) is 2.80. The highest BCUT2D eigenvalue weighted by atomic mass is 32.1. The van der Waals surface area contributed by atoms with Gasteiger partial charge >= 0.3 is 6.03 Å². The van der Waals surface area contributed by atoms with Gasteiger partial charge in [-0.1, -0.05) is 38.0 Å². The van der Waals surface area contributed by atoms with E-state index in [1.54, 1.807) is 0 Å². The molecule has 0 saturated heterocycles. The molecular formula is C12H20N4OS. The number of carbonyl (C=O) groups is 1. The summed E-state index contributed by atoms with van der Waals surface area (Å²) in [6, 6.07) is 0.130. The van der Waals surface area contributed by atoms with Crippen molar-refractivity contribution in [3.05, 3.63) is 5.01 Å². The summed E-state index contributed by atoms with van der Waals surface area (Å²) in [5, 5.41) is 15.2. The zero-order valence-corrected chi connectivity index (χ0v) is 11.7. The highest BCUT2D eigenvalue weighted by Gasteiger charge is 2.23. The van der Waals surface area contributed by atoms with Crippen molar-refractivity contribution in [2.45, 2.75) is 52.0 Å². The number of urea groups is 1. The summed E-state index contributed by atoms with van der Waals surface area (Å²) in [5.41, 5.74) is 0. The van der Waals surface area contributed by atoms with E-state index in [9.17, 15) is 4.79 Å². The Morgan fingerprint density at radius 2 is 2.17 bits per heavy atom. The lowest BCUT2D eigenvalue weighted by Crippen LogP contribution is -2.43. The number of anilines is 1. The van der Waals surface area contributed by atoms with E-state index < -0.39 is 0 Å². The normalized spacial score (nSPS) is 23.7. The molecule has 1 heterocycles. The van der Waals surface area contributed by atoms with Crippen molar-refractivity contribution >= 4 is 22.5 Å². The third kappa shape index (κ3) is 3.41. The fourth-order valence-electron chi connectivity index (χ4n) is 2.28. The van der Waals surface area contributed by atoms with Gasteiger partial charge in [-0.15, -0.1) is 10.2 Å². The van der Waals surface area contributed by atoms with Gasteiger partial charge in [0.2, 0.25) is 5.13 Å². The lowest BCUT2D eigenvalue weighted by molar-refractivity contribution is 0.232. The molecule has 2 amide bonds. The summed E-state index contributed by atoms with van der Waals surface area (Å²) in [7, 11) is 0. The second-order valence-corrected chi connectivity index (χ2v) is 5.88. The number of aromatic nitrogens is 2. The van der Waals surface area contributed by atoms with Crippen LogP contribution in [0.5, 0.6) is 0 Å². The zero-order valence-electron chi connectivity index (χ0n) is 10.9. The first-order valence-corrected chi connectivity index (χ1v) is 7.40. The Morgan fingerprint density at radius 3 is 2.83 bits per heavy atom. The largest absolute Gasteiger partial charge is 0.335 e. The molecule has 1 aromatic rings. The van der Waals surface area contributed by atoms with Gasteiger partial charge in [-0.25, -0.2) is 4.79 Å². The summed E-state index contributed by atoms with van der Waals surface area (Å²) in [6.45, 7) is 4.22. The van der Waals surface area contributed by atoms with Crippen molar-refractivity contribution in [2.24, 2.45) is 5.92 Å². The van der Waals surface area contributed by atoms with Crippen LogP contribution >= 0.6 is 11.3 Å². The number of carbonyl (C=O) groups excluding carboxylic acids is 1. The third-order valence-corrected chi connectivity index (χ3v) is 4.40. The van der Waals surface area contributed by atoms with Gasteiger partial charge in [0.05, 0.1) is 0 Å². The maximum absolute atomic E-state index is 11.8. The summed E-state index contributed by atoms with van der Waals surface area (Å²) in [6.07, 6.45) is 5.60. The van der Waals surface area contributed by atoms with Crippen LogP contribution in [0.2, 0.25) is 0 Å². The van der Waals surface area contributed by atoms with Crippen molar-refractivity contribution in [2.75, 3.05) is 5.32 Å². The molecule has 1 aliphatic carbocycles. The molecule has 0 aromatic carbocycles. The van der Waals surface area contributed by atoms with Crippen molar-refractivity contribution in [3.63, 3.8) is 0 Å². The van der Waals surface area contributed by atoms with Gasteiger partial charge in [-0.2, -0.15) is 0 Å². The molecule has 6 heteroatoms. The molecule has 2 N–H and O–H groups in total. The lowest BCUT2D eigenvalue weighted by atomic mass is 9.86. The Labute approximate surface area is 111 Å². The quantitative estimate of drug-likeness (QED) is 0.885. The molecule has 2 unspecified atom stereocenters. The molecule has 5 nitrogen and oxygen atoms in total. The fourth-order valence-corrected chi connectivity index (χ4v) is 2.95. The van der Waals surface area contributed by atoms with Crippen molar-refractivity contribution < 1.29 is 4.79 Å². The molecule has 1 saturated carbocycles. The van der Waals surface area contributed by atoms with Crippen molar-refractivity contribution in [3.8, 4) is 0 Å². The molecule has 0 radical (unpaired) electrons. The number of nitrogens with one attached hydrogen (secondary N) is 2. The van der Waals surface area contributed by atoms with Gasteiger partial charge in [-0.3, -0.25) is 5.32 Å². The second-order valence-electron chi connectivity index (χ2n) is 4.82. The second kappa shape index (κ2) is 6.13. The Balaban J connectivity index is 1.84. The number of aryl methyl sites for hydroxylation is 1. The average molecular weight is 268 g/mol. The molecule has 18 heavy (non-hydrogen) atoms. The zero-order chi connectivity index (χ0) is 13.0. The van der Waals surface area contributed by atoms with Crippen molar-refractivity contribution in [1.82, 2.24) is 15.5 Å². The highest BCUT2D eigenvalue weighted by molar-refractivity contribution is 7.15. The number of amides is 2. The van der Waals surface area contributed by atoms with E-state index in [2.05, 4.69) is 27.8 Å². The molecular weight excluding hydrogens is 248 g/mol.